The van der Waals surface area contributed by atoms with Gasteiger partial charge in [0.25, 0.3) is 0 Å². The third-order valence-electron chi connectivity index (χ3n) is 3.86. The Hall–Kier alpha value is -1.05. The van der Waals surface area contributed by atoms with E-state index < -0.39 is 0 Å². The lowest BCUT2D eigenvalue weighted by atomic mass is 9.91. The zero-order valence-electron chi connectivity index (χ0n) is 11.2. The fraction of sp³-hybridized carbons (Fsp3) is 0.600. The molecule has 1 aliphatic rings. The average molecular weight is 235 g/mol. The molecule has 0 spiro atoms. The smallest absolute Gasteiger partial charge is 0.123 e. The van der Waals surface area contributed by atoms with E-state index in [0.717, 1.165) is 11.3 Å². The highest BCUT2D eigenvalue weighted by Gasteiger charge is 2.36. The first-order valence-electron chi connectivity index (χ1n) is 6.40. The quantitative estimate of drug-likeness (QED) is 0.802. The fourth-order valence-electron chi connectivity index (χ4n) is 3.08. The van der Waals surface area contributed by atoms with E-state index >= 15 is 0 Å². The van der Waals surface area contributed by atoms with Gasteiger partial charge in [0.1, 0.15) is 5.82 Å². The van der Waals surface area contributed by atoms with E-state index in [1.165, 1.54) is 18.9 Å². The third-order valence-corrected chi connectivity index (χ3v) is 3.86. The minimum absolute atomic E-state index is 0.159. The van der Waals surface area contributed by atoms with E-state index in [9.17, 15) is 4.39 Å². The highest BCUT2D eigenvalue weighted by molar-refractivity contribution is 5.51. The van der Waals surface area contributed by atoms with Crippen LogP contribution in [0.3, 0.4) is 0 Å². The second-order valence-electron chi connectivity index (χ2n) is 6.26. The molecule has 1 aromatic rings. The van der Waals surface area contributed by atoms with Gasteiger partial charge in [-0.1, -0.05) is 20.8 Å². The summed E-state index contributed by atoms with van der Waals surface area (Å²) in [5.41, 5.74) is 2.48. The molecule has 1 aromatic carbocycles. The van der Waals surface area contributed by atoms with Crippen LogP contribution in [-0.2, 0) is 0 Å². The standard InChI is InChI=1S/C15H22FN/c1-10-7-12(16)5-6-13(10)17-14-9-15(3,4)8-11(14)2/h5-7,11,14,17H,8-9H2,1-4H3. The molecule has 0 radical (unpaired) electrons. The van der Waals surface area contributed by atoms with Gasteiger partial charge in [-0.15, -0.1) is 0 Å². The van der Waals surface area contributed by atoms with Gasteiger partial charge in [-0.25, -0.2) is 4.39 Å². The minimum atomic E-state index is -0.159. The average Bonchev–Trinajstić information content (AvgIpc) is 2.44. The van der Waals surface area contributed by atoms with Crippen LogP contribution in [0.1, 0.15) is 39.2 Å². The highest BCUT2D eigenvalue weighted by Crippen LogP contribution is 2.42. The van der Waals surface area contributed by atoms with Gasteiger partial charge in [0.2, 0.25) is 0 Å². The van der Waals surface area contributed by atoms with Crippen molar-refractivity contribution in [1.82, 2.24) is 0 Å². The largest absolute Gasteiger partial charge is 0.382 e. The molecule has 1 fully saturated rings. The zero-order chi connectivity index (χ0) is 12.6. The van der Waals surface area contributed by atoms with Crippen LogP contribution in [0.25, 0.3) is 0 Å². The van der Waals surface area contributed by atoms with E-state index in [-0.39, 0.29) is 5.82 Å². The Kier molecular flexibility index (Phi) is 3.15. The van der Waals surface area contributed by atoms with E-state index in [4.69, 9.17) is 0 Å². The van der Waals surface area contributed by atoms with Gasteiger partial charge < -0.3 is 5.32 Å². The number of benzene rings is 1. The fourth-order valence-corrected chi connectivity index (χ4v) is 3.08. The molecule has 0 bridgehead atoms. The first kappa shape index (κ1) is 12.4. The topological polar surface area (TPSA) is 12.0 Å². The van der Waals surface area contributed by atoms with E-state index in [0.29, 0.717) is 17.4 Å². The molecule has 1 nitrogen and oxygen atoms in total. The number of nitrogens with one attached hydrogen (secondary N) is 1. The Morgan fingerprint density at radius 1 is 1.29 bits per heavy atom. The summed E-state index contributed by atoms with van der Waals surface area (Å²) < 4.78 is 13.0. The summed E-state index contributed by atoms with van der Waals surface area (Å²) in [6.45, 7) is 8.90. The summed E-state index contributed by atoms with van der Waals surface area (Å²) in [5, 5.41) is 3.58. The lowest BCUT2D eigenvalue weighted by molar-refractivity contribution is 0.366. The van der Waals surface area contributed by atoms with Crippen molar-refractivity contribution < 1.29 is 4.39 Å². The van der Waals surface area contributed by atoms with Crippen LogP contribution in [0.5, 0.6) is 0 Å². The molecule has 2 atom stereocenters. The molecule has 0 aliphatic heterocycles. The maximum Gasteiger partial charge on any atom is 0.123 e. The molecule has 1 N–H and O–H groups in total. The van der Waals surface area contributed by atoms with Gasteiger partial charge in [-0.2, -0.15) is 0 Å². The maximum absolute atomic E-state index is 13.0. The Balaban J connectivity index is 2.11. The van der Waals surface area contributed by atoms with Crippen molar-refractivity contribution in [3.05, 3.63) is 29.6 Å². The van der Waals surface area contributed by atoms with Gasteiger partial charge in [0, 0.05) is 11.7 Å². The van der Waals surface area contributed by atoms with Crippen LogP contribution < -0.4 is 5.32 Å². The van der Waals surface area contributed by atoms with Gasteiger partial charge in [-0.05, 0) is 54.9 Å². The predicted molar refractivity (Wildman–Crippen MR) is 70.7 cm³/mol. The van der Waals surface area contributed by atoms with Crippen molar-refractivity contribution in [2.24, 2.45) is 11.3 Å². The molecule has 0 amide bonds. The summed E-state index contributed by atoms with van der Waals surface area (Å²) in [6.07, 6.45) is 2.44. The molecule has 2 unspecified atom stereocenters. The number of halogens is 1. The van der Waals surface area contributed by atoms with Crippen molar-refractivity contribution in [1.29, 1.82) is 0 Å². The number of rotatable bonds is 2. The lowest BCUT2D eigenvalue weighted by Crippen LogP contribution is -2.23. The predicted octanol–water partition coefficient (Wildman–Crippen LogP) is 4.37. The zero-order valence-corrected chi connectivity index (χ0v) is 11.2. The monoisotopic (exact) mass is 235 g/mol. The van der Waals surface area contributed by atoms with Crippen LogP contribution in [0.2, 0.25) is 0 Å². The van der Waals surface area contributed by atoms with E-state index in [2.05, 4.69) is 26.1 Å². The first-order chi connectivity index (χ1) is 7.87. The molecule has 2 heteroatoms. The molecular weight excluding hydrogens is 213 g/mol. The van der Waals surface area contributed by atoms with Crippen molar-refractivity contribution >= 4 is 5.69 Å². The summed E-state index contributed by atoms with van der Waals surface area (Å²) in [6, 6.07) is 5.48. The number of hydrogen-bond donors (Lipinski definition) is 1. The molecule has 2 rings (SSSR count). The molecule has 0 aromatic heterocycles. The summed E-state index contributed by atoms with van der Waals surface area (Å²) in [7, 11) is 0. The van der Waals surface area contributed by atoms with Crippen LogP contribution in [0.4, 0.5) is 10.1 Å². The van der Waals surface area contributed by atoms with Crippen molar-refractivity contribution in [3.63, 3.8) is 0 Å². The van der Waals surface area contributed by atoms with Crippen molar-refractivity contribution in [2.45, 2.75) is 46.6 Å². The summed E-state index contributed by atoms with van der Waals surface area (Å²) >= 11 is 0. The molecule has 0 heterocycles. The van der Waals surface area contributed by atoms with Gasteiger partial charge in [-0.3, -0.25) is 0 Å². The van der Waals surface area contributed by atoms with Crippen LogP contribution >= 0.6 is 0 Å². The highest BCUT2D eigenvalue weighted by atomic mass is 19.1. The van der Waals surface area contributed by atoms with Crippen molar-refractivity contribution in [3.8, 4) is 0 Å². The van der Waals surface area contributed by atoms with E-state index in [1.54, 1.807) is 6.07 Å². The van der Waals surface area contributed by atoms with Gasteiger partial charge in [0.05, 0.1) is 0 Å². The molecule has 17 heavy (non-hydrogen) atoms. The van der Waals surface area contributed by atoms with Crippen molar-refractivity contribution in [2.75, 3.05) is 5.32 Å². The van der Waals surface area contributed by atoms with Crippen LogP contribution in [-0.4, -0.2) is 6.04 Å². The molecule has 94 valence electrons. The van der Waals surface area contributed by atoms with Gasteiger partial charge in [0.15, 0.2) is 0 Å². The van der Waals surface area contributed by atoms with E-state index in [1.807, 2.05) is 13.0 Å². The number of anilines is 1. The Labute approximate surface area is 103 Å². The molecular formula is C15H22FN. The van der Waals surface area contributed by atoms with Crippen LogP contribution in [0.15, 0.2) is 18.2 Å². The number of aryl methyl sites for hydroxylation is 1. The normalized spacial score (nSPS) is 27.1. The Morgan fingerprint density at radius 3 is 2.53 bits per heavy atom. The SMILES string of the molecule is Cc1cc(F)ccc1NC1CC(C)(C)CC1C. The Morgan fingerprint density at radius 2 is 2.00 bits per heavy atom. The summed E-state index contributed by atoms with van der Waals surface area (Å²) in [5.74, 6) is 0.516. The second-order valence-corrected chi connectivity index (χ2v) is 6.26. The van der Waals surface area contributed by atoms with Gasteiger partial charge >= 0.3 is 0 Å². The Bertz CT molecular complexity index is 411. The second kappa shape index (κ2) is 4.32. The number of hydrogen-bond acceptors (Lipinski definition) is 1. The first-order valence-corrected chi connectivity index (χ1v) is 6.40. The minimum Gasteiger partial charge on any atom is -0.382 e. The summed E-state index contributed by atoms with van der Waals surface area (Å²) in [4.78, 5) is 0. The molecule has 1 aliphatic carbocycles. The molecule has 1 saturated carbocycles. The van der Waals surface area contributed by atoms with Crippen LogP contribution in [0, 0.1) is 24.1 Å². The maximum atomic E-state index is 13.0. The third kappa shape index (κ3) is 2.80. The lowest BCUT2D eigenvalue weighted by Gasteiger charge is -2.21. The molecule has 0 saturated heterocycles.